The Kier molecular flexibility index (Phi) is 6.93. The van der Waals surface area contributed by atoms with Gasteiger partial charge in [-0.1, -0.05) is 48.9 Å². The molecule has 1 atom stereocenters. The third-order valence-electron chi connectivity index (χ3n) is 7.21. The molecule has 7 heteroatoms. The Morgan fingerprint density at radius 3 is 2.71 bits per heavy atom. The second-order valence-corrected chi connectivity index (χ2v) is 9.76. The van der Waals surface area contributed by atoms with E-state index in [0.717, 1.165) is 72.7 Å². The largest absolute Gasteiger partial charge is 0.342 e. The first-order valence-electron chi connectivity index (χ1n) is 12.7. The number of piperidine rings is 1. The van der Waals surface area contributed by atoms with Crippen LogP contribution in [0.25, 0.3) is 11.4 Å². The van der Waals surface area contributed by atoms with Gasteiger partial charge in [-0.2, -0.15) is 0 Å². The molecular weight excluding hydrogens is 438 g/mol. The summed E-state index contributed by atoms with van der Waals surface area (Å²) < 4.78 is 2.22. The second kappa shape index (κ2) is 10.4. The Balaban J connectivity index is 1.27. The molecule has 5 rings (SSSR count). The first-order valence-corrected chi connectivity index (χ1v) is 12.7. The van der Waals surface area contributed by atoms with Crippen LogP contribution in [0.15, 0.2) is 48.5 Å². The molecule has 2 aromatic carbocycles. The Hall–Kier alpha value is -3.48. The smallest absolute Gasteiger partial charge is 0.229 e. The van der Waals surface area contributed by atoms with Gasteiger partial charge in [0, 0.05) is 37.3 Å². The van der Waals surface area contributed by atoms with E-state index in [1.165, 1.54) is 6.42 Å². The van der Waals surface area contributed by atoms with Crippen LogP contribution in [0, 0.1) is 12.8 Å². The molecule has 1 unspecified atom stereocenters. The fourth-order valence-corrected chi connectivity index (χ4v) is 5.13. The van der Waals surface area contributed by atoms with Gasteiger partial charge in [0.1, 0.15) is 5.82 Å². The lowest BCUT2D eigenvalue weighted by atomic mass is 9.96. The lowest BCUT2D eigenvalue weighted by Gasteiger charge is -2.32. The highest BCUT2D eigenvalue weighted by Crippen LogP contribution is 2.28. The maximum Gasteiger partial charge on any atom is 0.229 e. The quantitative estimate of drug-likeness (QED) is 0.598. The third-order valence-corrected chi connectivity index (χ3v) is 7.21. The van der Waals surface area contributed by atoms with Crippen molar-refractivity contribution in [2.75, 3.05) is 18.4 Å². The molecule has 3 heterocycles. The van der Waals surface area contributed by atoms with Crippen LogP contribution in [0.2, 0.25) is 0 Å². The summed E-state index contributed by atoms with van der Waals surface area (Å²) in [5.41, 5.74) is 3.77. The zero-order valence-corrected chi connectivity index (χ0v) is 20.4. The zero-order chi connectivity index (χ0) is 24.2. The summed E-state index contributed by atoms with van der Waals surface area (Å²) >= 11 is 0. The molecule has 0 saturated carbocycles. The van der Waals surface area contributed by atoms with Crippen molar-refractivity contribution in [2.24, 2.45) is 5.92 Å². The number of nitrogens with zero attached hydrogens (tertiary/aromatic N) is 4. The van der Waals surface area contributed by atoms with Gasteiger partial charge in [-0.15, -0.1) is 10.2 Å². The Morgan fingerprint density at radius 1 is 1.00 bits per heavy atom. The van der Waals surface area contributed by atoms with Gasteiger partial charge in [0.15, 0.2) is 5.82 Å². The van der Waals surface area contributed by atoms with Crippen LogP contribution in [-0.2, 0) is 29.0 Å². The van der Waals surface area contributed by atoms with Crippen LogP contribution in [0.4, 0.5) is 5.69 Å². The normalized spacial score (nSPS) is 18.0. The number of benzene rings is 2. The number of fused-ring (bicyclic) bond motifs is 1. The minimum atomic E-state index is -0.212. The molecular formula is C28H33N5O2. The van der Waals surface area contributed by atoms with Crippen molar-refractivity contribution in [3.05, 3.63) is 65.5 Å². The van der Waals surface area contributed by atoms with E-state index in [9.17, 15) is 9.59 Å². The number of nitrogens with one attached hydrogen (secondary N) is 1. The van der Waals surface area contributed by atoms with Gasteiger partial charge >= 0.3 is 0 Å². The summed E-state index contributed by atoms with van der Waals surface area (Å²) in [7, 11) is 0. The predicted molar refractivity (Wildman–Crippen MR) is 136 cm³/mol. The SMILES string of the molecule is Cc1ccc(-c2nnc3n2CCCCC3)cc1NC(=O)C1CCCN(C(=O)Cc2ccccc2)C1. The molecule has 1 saturated heterocycles. The molecule has 7 nitrogen and oxygen atoms in total. The van der Waals surface area contributed by atoms with Gasteiger partial charge in [-0.05, 0) is 49.8 Å². The van der Waals surface area contributed by atoms with Crippen molar-refractivity contribution in [3.8, 4) is 11.4 Å². The van der Waals surface area contributed by atoms with Gasteiger partial charge in [-0.25, -0.2) is 0 Å². The number of hydrogen-bond acceptors (Lipinski definition) is 4. The number of likely N-dealkylation sites (tertiary alicyclic amines) is 1. The van der Waals surface area contributed by atoms with Crippen LogP contribution < -0.4 is 5.32 Å². The summed E-state index contributed by atoms with van der Waals surface area (Å²) in [5, 5.41) is 12.0. The molecule has 3 aromatic rings. The van der Waals surface area contributed by atoms with E-state index in [1.54, 1.807) is 0 Å². The summed E-state index contributed by atoms with van der Waals surface area (Å²) in [6, 6.07) is 15.9. The molecule has 0 aliphatic carbocycles. The molecule has 1 N–H and O–H groups in total. The van der Waals surface area contributed by atoms with Crippen LogP contribution in [0.1, 0.15) is 49.1 Å². The summed E-state index contributed by atoms with van der Waals surface area (Å²) in [4.78, 5) is 27.9. The molecule has 1 aromatic heterocycles. The number of aromatic nitrogens is 3. The van der Waals surface area contributed by atoms with E-state index in [-0.39, 0.29) is 17.7 Å². The average Bonchev–Trinajstić information content (AvgIpc) is 3.13. The standard InChI is InChI=1S/C28H33N5O2/c1-20-13-14-22(27-31-30-25-12-6-3-7-16-33(25)27)18-24(20)29-28(35)23-11-8-15-32(19-23)26(34)17-21-9-4-2-5-10-21/h2,4-5,9-10,13-14,18,23H,3,6-8,11-12,15-17,19H2,1H3,(H,29,35). The Labute approximate surface area is 206 Å². The van der Waals surface area contributed by atoms with E-state index in [2.05, 4.69) is 26.1 Å². The van der Waals surface area contributed by atoms with Crippen LogP contribution >= 0.6 is 0 Å². The number of hydrogen-bond donors (Lipinski definition) is 1. The summed E-state index contributed by atoms with van der Waals surface area (Å²) in [6.45, 7) is 4.11. The van der Waals surface area contributed by atoms with Crippen molar-refractivity contribution in [3.63, 3.8) is 0 Å². The topological polar surface area (TPSA) is 80.1 Å². The Morgan fingerprint density at radius 2 is 1.86 bits per heavy atom. The minimum absolute atomic E-state index is 0.0254. The molecule has 1 fully saturated rings. The Bertz CT molecular complexity index is 1200. The molecule has 2 amide bonds. The number of anilines is 1. The molecule has 0 spiro atoms. The first kappa shape index (κ1) is 23.3. The predicted octanol–water partition coefficient (Wildman–Crippen LogP) is 4.40. The van der Waals surface area contributed by atoms with E-state index < -0.39 is 0 Å². The fourth-order valence-electron chi connectivity index (χ4n) is 5.13. The summed E-state index contributed by atoms with van der Waals surface area (Å²) in [5.74, 6) is 1.76. The number of carbonyl (C=O) groups is 2. The monoisotopic (exact) mass is 471 g/mol. The molecule has 2 aliphatic rings. The number of rotatable bonds is 5. The van der Waals surface area contributed by atoms with Gasteiger partial charge in [0.25, 0.3) is 0 Å². The zero-order valence-electron chi connectivity index (χ0n) is 20.4. The van der Waals surface area contributed by atoms with E-state index in [4.69, 9.17) is 0 Å². The molecule has 0 bridgehead atoms. The van der Waals surface area contributed by atoms with E-state index in [1.807, 2.05) is 54.3 Å². The van der Waals surface area contributed by atoms with Gasteiger partial charge in [0.05, 0.1) is 12.3 Å². The third kappa shape index (κ3) is 5.29. The molecule has 2 aliphatic heterocycles. The fraction of sp³-hybridized carbons (Fsp3) is 0.429. The number of carbonyl (C=O) groups excluding carboxylic acids is 2. The van der Waals surface area contributed by atoms with Crippen molar-refractivity contribution >= 4 is 17.5 Å². The van der Waals surface area contributed by atoms with Crippen LogP contribution in [0.5, 0.6) is 0 Å². The van der Waals surface area contributed by atoms with Crippen molar-refractivity contribution in [1.29, 1.82) is 0 Å². The van der Waals surface area contributed by atoms with E-state index in [0.29, 0.717) is 19.5 Å². The van der Waals surface area contributed by atoms with Gasteiger partial charge in [-0.3, -0.25) is 9.59 Å². The van der Waals surface area contributed by atoms with Gasteiger partial charge in [0.2, 0.25) is 11.8 Å². The maximum atomic E-state index is 13.2. The number of amides is 2. The van der Waals surface area contributed by atoms with E-state index >= 15 is 0 Å². The molecule has 35 heavy (non-hydrogen) atoms. The summed E-state index contributed by atoms with van der Waals surface area (Å²) in [6.07, 6.45) is 6.46. The minimum Gasteiger partial charge on any atom is -0.342 e. The highest BCUT2D eigenvalue weighted by atomic mass is 16.2. The highest BCUT2D eigenvalue weighted by molar-refractivity contribution is 5.94. The average molecular weight is 472 g/mol. The molecule has 0 radical (unpaired) electrons. The van der Waals surface area contributed by atoms with Crippen LogP contribution in [-0.4, -0.2) is 44.6 Å². The van der Waals surface area contributed by atoms with Crippen molar-refractivity contribution in [1.82, 2.24) is 19.7 Å². The number of aryl methyl sites for hydroxylation is 2. The lowest BCUT2D eigenvalue weighted by Crippen LogP contribution is -2.44. The van der Waals surface area contributed by atoms with Gasteiger partial charge < -0.3 is 14.8 Å². The van der Waals surface area contributed by atoms with Crippen molar-refractivity contribution < 1.29 is 9.59 Å². The highest BCUT2D eigenvalue weighted by Gasteiger charge is 2.29. The first-order chi connectivity index (χ1) is 17.1. The van der Waals surface area contributed by atoms with Crippen LogP contribution in [0.3, 0.4) is 0 Å². The second-order valence-electron chi connectivity index (χ2n) is 9.76. The van der Waals surface area contributed by atoms with Crippen molar-refractivity contribution in [2.45, 2.75) is 58.4 Å². The lowest BCUT2D eigenvalue weighted by molar-refractivity contribution is -0.133. The molecule has 182 valence electrons. The maximum absolute atomic E-state index is 13.2.